The van der Waals surface area contributed by atoms with Gasteiger partial charge in [-0.15, -0.1) is 12.4 Å². The van der Waals surface area contributed by atoms with Crippen LogP contribution in [0.1, 0.15) is 18.5 Å². The molecule has 0 aliphatic rings. The molecular formula is C10H13Cl2NO2. The summed E-state index contributed by atoms with van der Waals surface area (Å²) in [5.41, 5.74) is 6.26. The summed E-state index contributed by atoms with van der Waals surface area (Å²) in [5, 5.41) is 0.480. The highest BCUT2D eigenvalue weighted by Gasteiger charge is 2.18. The summed E-state index contributed by atoms with van der Waals surface area (Å²) in [6, 6.07) is 6.16. The monoisotopic (exact) mass is 249 g/mol. The number of halogens is 2. The van der Waals surface area contributed by atoms with Gasteiger partial charge in [0.15, 0.2) is 0 Å². The van der Waals surface area contributed by atoms with E-state index in [0.717, 1.165) is 0 Å². The summed E-state index contributed by atoms with van der Waals surface area (Å²) in [6.07, 6.45) is 0. The first kappa shape index (κ1) is 14.2. The summed E-state index contributed by atoms with van der Waals surface area (Å²) in [4.78, 5) is 11.3. The topological polar surface area (TPSA) is 52.3 Å². The van der Waals surface area contributed by atoms with Crippen molar-refractivity contribution in [3.63, 3.8) is 0 Å². The molecule has 1 atom stereocenters. The number of hydrogen-bond donors (Lipinski definition) is 1. The van der Waals surface area contributed by atoms with Crippen LogP contribution in [0, 0.1) is 0 Å². The van der Waals surface area contributed by atoms with Crippen molar-refractivity contribution in [2.75, 3.05) is 6.61 Å². The second kappa shape index (κ2) is 6.67. The first-order valence-electron chi connectivity index (χ1n) is 4.33. The van der Waals surface area contributed by atoms with Crippen molar-refractivity contribution in [3.8, 4) is 0 Å². The fraction of sp³-hybridized carbons (Fsp3) is 0.300. The lowest BCUT2D eigenvalue weighted by Crippen LogP contribution is -2.23. The number of ether oxygens (including phenoxy) is 1. The maximum Gasteiger partial charge on any atom is 0.327 e. The first-order valence-corrected chi connectivity index (χ1v) is 4.71. The molecule has 0 saturated heterocycles. The normalized spacial score (nSPS) is 11.4. The standard InChI is InChI=1S/C10H12ClNO2.ClH/c1-2-14-10(13)9(12)7-5-3-4-6-8(7)11;/h3-6,9H,2,12H2,1H3;1H. The van der Waals surface area contributed by atoms with Crippen LogP contribution in [0.15, 0.2) is 24.3 Å². The molecule has 1 unspecified atom stereocenters. The zero-order valence-electron chi connectivity index (χ0n) is 8.27. The summed E-state index contributed by atoms with van der Waals surface area (Å²) < 4.78 is 4.79. The molecule has 0 radical (unpaired) electrons. The number of carbonyl (C=O) groups excluding carboxylic acids is 1. The fourth-order valence-electron chi connectivity index (χ4n) is 1.09. The fourth-order valence-corrected chi connectivity index (χ4v) is 1.34. The molecule has 0 heterocycles. The van der Waals surface area contributed by atoms with Crippen LogP contribution >= 0.6 is 24.0 Å². The lowest BCUT2D eigenvalue weighted by molar-refractivity contribution is -0.144. The molecule has 15 heavy (non-hydrogen) atoms. The minimum Gasteiger partial charge on any atom is -0.465 e. The van der Waals surface area contributed by atoms with Gasteiger partial charge in [-0.3, -0.25) is 0 Å². The van der Waals surface area contributed by atoms with Gasteiger partial charge in [-0.2, -0.15) is 0 Å². The van der Waals surface area contributed by atoms with Gasteiger partial charge >= 0.3 is 5.97 Å². The van der Waals surface area contributed by atoms with Crippen LogP contribution in [-0.2, 0) is 9.53 Å². The van der Waals surface area contributed by atoms with Crippen molar-refractivity contribution in [1.82, 2.24) is 0 Å². The number of esters is 1. The average molecular weight is 250 g/mol. The van der Waals surface area contributed by atoms with Crippen LogP contribution < -0.4 is 5.73 Å². The van der Waals surface area contributed by atoms with E-state index in [1.54, 1.807) is 31.2 Å². The molecule has 0 aromatic heterocycles. The summed E-state index contributed by atoms with van der Waals surface area (Å²) >= 11 is 5.88. The summed E-state index contributed by atoms with van der Waals surface area (Å²) in [6.45, 7) is 2.05. The number of rotatable bonds is 3. The molecule has 0 spiro atoms. The minimum absolute atomic E-state index is 0. The zero-order valence-corrected chi connectivity index (χ0v) is 9.85. The third kappa shape index (κ3) is 3.70. The van der Waals surface area contributed by atoms with Crippen molar-refractivity contribution in [2.24, 2.45) is 5.73 Å². The number of carbonyl (C=O) groups is 1. The van der Waals surface area contributed by atoms with E-state index in [-0.39, 0.29) is 12.4 Å². The Hall–Kier alpha value is -0.770. The van der Waals surface area contributed by atoms with Crippen LogP contribution in [0.5, 0.6) is 0 Å². The van der Waals surface area contributed by atoms with Crippen molar-refractivity contribution >= 4 is 30.0 Å². The molecule has 1 rings (SSSR count). The van der Waals surface area contributed by atoms with Gasteiger partial charge in [0.1, 0.15) is 6.04 Å². The Morgan fingerprint density at radius 2 is 2.13 bits per heavy atom. The molecule has 5 heteroatoms. The first-order chi connectivity index (χ1) is 6.66. The smallest absolute Gasteiger partial charge is 0.327 e. The molecule has 1 aromatic rings. The SMILES string of the molecule is CCOC(=O)C(N)c1ccccc1Cl.Cl. The van der Waals surface area contributed by atoms with E-state index in [1.165, 1.54) is 0 Å². The van der Waals surface area contributed by atoms with Crippen molar-refractivity contribution in [2.45, 2.75) is 13.0 Å². The predicted octanol–water partition coefficient (Wildman–Crippen LogP) is 2.32. The van der Waals surface area contributed by atoms with Gasteiger partial charge in [-0.25, -0.2) is 4.79 Å². The van der Waals surface area contributed by atoms with E-state index in [2.05, 4.69) is 0 Å². The predicted molar refractivity (Wildman–Crippen MR) is 62.3 cm³/mol. The highest BCUT2D eigenvalue weighted by molar-refractivity contribution is 6.31. The molecule has 0 aliphatic carbocycles. The molecule has 1 aromatic carbocycles. The van der Waals surface area contributed by atoms with Crippen LogP contribution in [-0.4, -0.2) is 12.6 Å². The lowest BCUT2D eigenvalue weighted by atomic mass is 10.1. The van der Waals surface area contributed by atoms with Gasteiger partial charge in [-0.05, 0) is 18.6 Å². The molecule has 2 N–H and O–H groups in total. The van der Waals surface area contributed by atoms with E-state index in [9.17, 15) is 4.79 Å². The van der Waals surface area contributed by atoms with E-state index in [4.69, 9.17) is 22.1 Å². The molecule has 84 valence electrons. The van der Waals surface area contributed by atoms with Gasteiger partial charge in [0.2, 0.25) is 0 Å². The molecule has 0 saturated carbocycles. The van der Waals surface area contributed by atoms with Crippen molar-refractivity contribution < 1.29 is 9.53 Å². The quantitative estimate of drug-likeness (QED) is 0.837. The van der Waals surface area contributed by atoms with Crippen LogP contribution in [0.25, 0.3) is 0 Å². The van der Waals surface area contributed by atoms with Gasteiger partial charge in [0, 0.05) is 5.02 Å². The largest absolute Gasteiger partial charge is 0.465 e. The minimum atomic E-state index is -0.802. The molecule has 0 fully saturated rings. The van der Waals surface area contributed by atoms with Crippen molar-refractivity contribution in [1.29, 1.82) is 0 Å². The number of nitrogens with two attached hydrogens (primary N) is 1. The van der Waals surface area contributed by atoms with E-state index in [0.29, 0.717) is 17.2 Å². The highest BCUT2D eigenvalue weighted by Crippen LogP contribution is 2.21. The molecule has 0 bridgehead atoms. The number of hydrogen-bond acceptors (Lipinski definition) is 3. The average Bonchev–Trinajstić information content (AvgIpc) is 2.18. The van der Waals surface area contributed by atoms with Gasteiger partial charge < -0.3 is 10.5 Å². The van der Waals surface area contributed by atoms with E-state index in [1.807, 2.05) is 0 Å². The lowest BCUT2D eigenvalue weighted by Gasteiger charge is -2.11. The Bertz CT molecular complexity index is 331. The van der Waals surface area contributed by atoms with E-state index >= 15 is 0 Å². The Balaban J connectivity index is 0.00000196. The molecular weight excluding hydrogens is 237 g/mol. The summed E-state index contributed by atoms with van der Waals surface area (Å²) in [7, 11) is 0. The Labute approximate surface area is 100.0 Å². The Morgan fingerprint density at radius 3 is 2.67 bits per heavy atom. The Morgan fingerprint density at radius 1 is 1.53 bits per heavy atom. The second-order valence-electron chi connectivity index (χ2n) is 2.75. The van der Waals surface area contributed by atoms with Crippen molar-refractivity contribution in [3.05, 3.63) is 34.9 Å². The summed E-state index contributed by atoms with van der Waals surface area (Å²) in [5.74, 6) is -0.458. The van der Waals surface area contributed by atoms with Gasteiger partial charge in [-0.1, -0.05) is 29.8 Å². The third-order valence-electron chi connectivity index (χ3n) is 1.78. The Kier molecular flexibility index (Phi) is 6.32. The van der Waals surface area contributed by atoms with Crippen LogP contribution in [0.3, 0.4) is 0 Å². The third-order valence-corrected chi connectivity index (χ3v) is 2.13. The zero-order chi connectivity index (χ0) is 10.6. The molecule has 0 aliphatic heterocycles. The van der Waals surface area contributed by atoms with Gasteiger partial charge in [0.05, 0.1) is 6.61 Å². The highest BCUT2D eigenvalue weighted by atomic mass is 35.5. The number of benzene rings is 1. The van der Waals surface area contributed by atoms with E-state index < -0.39 is 12.0 Å². The maximum atomic E-state index is 11.3. The molecule has 0 amide bonds. The second-order valence-corrected chi connectivity index (χ2v) is 3.16. The molecule has 3 nitrogen and oxygen atoms in total. The van der Waals surface area contributed by atoms with Gasteiger partial charge in [0.25, 0.3) is 0 Å². The van der Waals surface area contributed by atoms with Crippen LogP contribution in [0.2, 0.25) is 5.02 Å². The maximum absolute atomic E-state index is 11.3. The van der Waals surface area contributed by atoms with Crippen LogP contribution in [0.4, 0.5) is 0 Å².